The SMILES string of the molecule is CC1CCCn2c(-c3cccc(=O)[nH]3)nnc21. The molecular formula is C12H14N4O. The van der Waals surface area contributed by atoms with Crippen LogP contribution in [0.1, 0.15) is 31.5 Å². The lowest BCUT2D eigenvalue weighted by molar-refractivity contribution is 0.466. The van der Waals surface area contributed by atoms with Gasteiger partial charge in [0.15, 0.2) is 5.82 Å². The highest BCUT2D eigenvalue weighted by Gasteiger charge is 2.22. The third-order valence-corrected chi connectivity index (χ3v) is 3.25. The molecule has 2 aromatic rings. The van der Waals surface area contributed by atoms with Gasteiger partial charge in [0.1, 0.15) is 5.82 Å². The lowest BCUT2D eigenvalue weighted by atomic mass is 10.0. The van der Waals surface area contributed by atoms with Crippen molar-refractivity contribution in [3.8, 4) is 11.5 Å². The number of nitrogens with one attached hydrogen (secondary N) is 1. The average molecular weight is 230 g/mol. The van der Waals surface area contributed by atoms with E-state index in [0.717, 1.165) is 36.7 Å². The van der Waals surface area contributed by atoms with Gasteiger partial charge in [-0.2, -0.15) is 0 Å². The fourth-order valence-electron chi connectivity index (χ4n) is 2.36. The predicted octanol–water partition coefficient (Wildman–Crippen LogP) is 1.53. The smallest absolute Gasteiger partial charge is 0.248 e. The molecule has 17 heavy (non-hydrogen) atoms. The van der Waals surface area contributed by atoms with Crippen LogP contribution in [0.15, 0.2) is 23.0 Å². The first-order chi connectivity index (χ1) is 8.25. The Kier molecular flexibility index (Phi) is 2.31. The number of aromatic amines is 1. The lowest BCUT2D eigenvalue weighted by Gasteiger charge is -2.20. The second-order valence-corrected chi connectivity index (χ2v) is 4.51. The number of pyridine rings is 1. The molecule has 0 aromatic carbocycles. The molecule has 88 valence electrons. The number of fused-ring (bicyclic) bond motifs is 1. The molecule has 5 nitrogen and oxygen atoms in total. The Morgan fingerprint density at radius 2 is 2.29 bits per heavy atom. The highest BCUT2D eigenvalue weighted by molar-refractivity contribution is 5.49. The zero-order valence-electron chi connectivity index (χ0n) is 9.68. The summed E-state index contributed by atoms with van der Waals surface area (Å²) in [5.74, 6) is 2.24. The Labute approximate surface area is 98.5 Å². The van der Waals surface area contributed by atoms with Crippen molar-refractivity contribution in [2.75, 3.05) is 0 Å². The van der Waals surface area contributed by atoms with Crippen molar-refractivity contribution in [1.82, 2.24) is 19.7 Å². The molecular weight excluding hydrogens is 216 g/mol. The molecule has 0 fully saturated rings. The summed E-state index contributed by atoms with van der Waals surface area (Å²) >= 11 is 0. The van der Waals surface area contributed by atoms with Gasteiger partial charge in [-0.1, -0.05) is 13.0 Å². The Morgan fingerprint density at radius 3 is 3.12 bits per heavy atom. The monoisotopic (exact) mass is 230 g/mol. The second kappa shape index (κ2) is 3.84. The van der Waals surface area contributed by atoms with E-state index in [1.165, 1.54) is 6.07 Å². The molecule has 0 aliphatic carbocycles. The minimum Gasteiger partial charge on any atom is -0.319 e. The molecule has 0 radical (unpaired) electrons. The van der Waals surface area contributed by atoms with Crippen molar-refractivity contribution in [1.29, 1.82) is 0 Å². The van der Waals surface area contributed by atoms with Gasteiger partial charge < -0.3 is 9.55 Å². The third kappa shape index (κ3) is 1.67. The van der Waals surface area contributed by atoms with Gasteiger partial charge >= 0.3 is 0 Å². The highest BCUT2D eigenvalue weighted by atomic mass is 16.1. The van der Waals surface area contributed by atoms with Crippen LogP contribution in [-0.2, 0) is 6.54 Å². The Balaban J connectivity index is 2.13. The summed E-state index contributed by atoms with van der Waals surface area (Å²) in [6, 6.07) is 5.10. The summed E-state index contributed by atoms with van der Waals surface area (Å²) in [6.07, 6.45) is 2.29. The molecule has 2 aromatic heterocycles. The minimum absolute atomic E-state index is 0.108. The van der Waals surface area contributed by atoms with Crippen molar-refractivity contribution >= 4 is 0 Å². The summed E-state index contributed by atoms with van der Waals surface area (Å²) in [5, 5.41) is 8.44. The summed E-state index contributed by atoms with van der Waals surface area (Å²) in [7, 11) is 0. The zero-order valence-corrected chi connectivity index (χ0v) is 9.68. The third-order valence-electron chi connectivity index (χ3n) is 3.25. The van der Waals surface area contributed by atoms with Crippen molar-refractivity contribution < 1.29 is 0 Å². The van der Waals surface area contributed by atoms with E-state index in [4.69, 9.17) is 0 Å². The van der Waals surface area contributed by atoms with Gasteiger partial charge in [0.2, 0.25) is 5.56 Å². The van der Waals surface area contributed by atoms with E-state index in [1.54, 1.807) is 6.07 Å². The van der Waals surface area contributed by atoms with Crippen LogP contribution in [0.3, 0.4) is 0 Å². The summed E-state index contributed by atoms with van der Waals surface area (Å²) in [6.45, 7) is 3.09. The van der Waals surface area contributed by atoms with E-state index in [0.29, 0.717) is 5.92 Å². The van der Waals surface area contributed by atoms with Crippen molar-refractivity contribution in [2.45, 2.75) is 32.2 Å². The molecule has 0 spiro atoms. The number of rotatable bonds is 1. The molecule has 0 saturated carbocycles. The van der Waals surface area contributed by atoms with Crippen LogP contribution in [0.2, 0.25) is 0 Å². The number of hydrogen-bond donors (Lipinski definition) is 1. The fraction of sp³-hybridized carbons (Fsp3) is 0.417. The maximum Gasteiger partial charge on any atom is 0.248 e. The van der Waals surface area contributed by atoms with E-state index in [-0.39, 0.29) is 5.56 Å². The zero-order chi connectivity index (χ0) is 11.8. The maximum atomic E-state index is 11.3. The van der Waals surface area contributed by atoms with Gasteiger partial charge in [-0.15, -0.1) is 10.2 Å². The standard InChI is InChI=1S/C12H14N4O/c1-8-4-3-7-16-11(8)14-15-12(16)9-5-2-6-10(17)13-9/h2,5-6,8H,3-4,7H2,1H3,(H,13,17). The normalized spacial score (nSPS) is 19.0. The number of aromatic nitrogens is 4. The van der Waals surface area contributed by atoms with Crippen LogP contribution in [0.4, 0.5) is 0 Å². The van der Waals surface area contributed by atoms with E-state index in [9.17, 15) is 4.79 Å². The van der Waals surface area contributed by atoms with E-state index in [1.807, 2.05) is 6.07 Å². The summed E-state index contributed by atoms with van der Waals surface area (Å²) in [4.78, 5) is 14.1. The van der Waals surface area contributed by atoms with Gasteiger partial charge in [0.05, 0.1) is 5.69 Å². The number of nitrogens with zero attached hydrogens (tertiary/aromatic N) is 3. The van der Waals surface area contributed by atoms with E-state index < -0.39 is 0 Å². The van der Waals surface area contributed by atoms with Crippen LogP contribution in [0.5, 0.6) is 0 Å². The van der Waals surface area contributed by atoms with Gasteiger partial charge in [-0.3, -0.25) is 4.79 Å². The molecule has 5 heteroatoms. The molecule has 1 atom stereocenters. The highest BCUT2D eigenvalue weighted by Crippen LogP contribution is 2.28. The van der Waals surface area contributed by atoms with Gasteiger partial charge in [0.25, 0.3) is 0 Å². The molecule has 3 rings (SSSR count). The largest absolute Gasteiger partial charge is 0.319 e. The molecule has 0 amide bonds. The maximum absolute atomic E-state index is 11.3. The Bertz CT molecular complexity index is 599. The first-order valence-electron chi connectivity index (χ1n) is 5.88. The van der Waals surface area contributed by atoms with Crippen LogP contribution < -0.4 is 5.56 Å². The van der Waals surface area contributed by atoms with Crippen LogP contribution in [-0.4, -0.2) is 19.7 Å². The molecule has 0 saturated heterocycles. The second-order valence-electron chi connectivity index (χ2n) is 4.51. The van der Waals surface area contributed by atoms with Gasteiger partial charge in [-0.25, -0.2) is 0 Å². The molecule has 1 aliphatic rings. The first kappa shape index (κ1) is 10.3. The van der Waals surface area contributed by atoms with Crippen LogP contribution in [0, 0.1) is 0 Å². The molecule has 3 heterocycles. The van der Waals surface area contributed by atoms with E-state index in [2.05, 4.69) is 26.7 Å². The van der Waals surface area contributed by atoms with Gasteiger partial charge in [-0.05, 0) is 18.9 Å². The molecule has 0 bridgehead atoms. The Morgan fingerprint density at radius 1 is 1.41 bits per heavy atom. The van der Waals surface area contributed by atoms with Crippen molar-refractivity contribution in [3.05, 3.63) is 34.4 Å². The number of hydrogen-bond acceptors (Lipinski definition) is 3. The molecule has 1 unspecified atom stereocenters. The summed E-state index contributed by atoms with van der Waals surface area (Å²) < 4.78 is 2.11. The topological polar surface area (TPSA) is 63.6 Å². The van der Waals surface area contributed by atoms with Crippen molar-refractivity contribution in [3.63, 3.8) is 0 Å². The van der Waals surface area contributed by atoms with Gasteiger partial charge in [0, 0.05) is 18.5 Å². The van der Waals surface area contributed by atoms with Crippen LogP contribution >= 0.6 is 0 Å². The van der Waals surface area contributed by atoms with Crippen molar-refractivity contribution in [2.24, 2.45) is 0 Å². The van der Waals surface area contributed by atoms with E-state index >= 15 is 0 Å². The predicted molar refractivity (Wildman–Crippen MR) is 63.7 cm³/mol. The lowest BCUT2D eigenvalue weighted by Crippen LogP contribution is -2.15. The number of H-pyrrole nitrogens is 1. The fourth-order valence-corrected chi connectivity index (χ4v) is 2.36. The Hall–Kier alpha value is -1.91. The minimum atomic E-state index is -0.108. The average Bonchev–Trinajstić information content (AvgIpc) is 2.74. The molecule has 1 aliphatic heterocycles. The quantitative estimate of drug-likeness (QED) is 0.808. The molecule has 1 N–H and O–H groups in total. The summed E-state index contributed by atoms with van der Waals surface area (Å²) in [5.41, 5.74) is 0.633. The van der Waals surface area contributed by atoms with Crippen LogP contribution in [0.25, 0.3) is 11.5 Å². The first-order valence-corrected chi connectivity index (χ1v) is 5.88.